The third-order valence-corrected chi connectivity index (χ3v) is 4.42. The summed E-state index contributed by atoms with van der Waals surface area (Å²) in [5.74, 6) is -1.08. The fourth-order valence-corrected chi connectivity index (χ4v) is 3.05. The van der Waals surface area contributed by atoms with Crippen LogP contribution in [-0.2, 0) is 0 Å². The quantitative estimate of drug-likeness (QED) is 0.668. The van der Waals surface area contributed by atoms with E-state index in [9.17, 15) is 9.18 Å². The maximum atomic E-state index is 14.4. The van der Waals surface area contributed by atoms with Gasteiger partial charge in [0.2, 0.25) is 0 Å². The maximum Gasteiger partial charge on any atom is 0.252 e. The number of nitrogens with two attached hydrogens (primary N) is 2. The van der Waals surface area contributed by atoms with Gasteiger partial charge >= 0.3 is 0 Å². The van der Waals surface area contributed by atoms with E-state index in [1.165, 1.54) is 0 Å². The number of benzene rings is 1. The summed E-state index contributed by atoms with van der Waals surface area (Å²) >= 11 is 0. The van der Waals surface area contributed by atoms with Crippen molar-refractivity contribution in [1.82, 2.24) is 4.98 Å². The number of hydrogen-bond acceptors (Lipinski definition) is 5. The number of anilines is 3. The molecule has 0 radical (unpaired) electrons. The number of carbonyl (C=O) groups is 1. The van der Waals surface area contributed by atoms with E-state index < -0.39 is 11.7 Å². The van der Waals surface area contributed by atoms with Crippen molar-refractivity contribution in [3.63, 3.8) is 0 Å². The van der Waals surface area contributed by atoms with Crippen LogP contribution in [0.2, 0.25) is 0 Å². The van der Waals surface area contributed by atoms with Crippen LogP contribution in [0.25, 0.3) is 0 Å². The van der Waals surface area contributed by atoms with Crippen molar-refractivity contribution in [3.8, 4) is 0 Å². The molecule has 25 heavy (non-hydrogen) atoms. The predicted molar refractivity (Wildman–Crippen MR) is 96.3 cm³/mol. The summed E-state index contributed by atoms with van der Waals surface area (Å²) in [5.41, 5.74) is 12.2. The molecule has 0 saturated heterocycles. The lowest BCUT2D eigenvalue weighted by atomic mass is 9.91. The second-order valence-electron chi connectivity index (χ2n) is 6.27. The number of para-hydroxylation sites is 1. The summed E-state index contributed by atoms with van der Waals surface area (Å²) in [6.07, 6.45) is 3.88. The van der Waals surface area contributed by atoms with Crippen molar-refractivity contribution in [2.75, 3.05) is 10.6 Å². The fraction of sp³-hybridized carbons (Fsp3) is 0.333. The van der Waals surface area contributed by atoms with Crippen molar-refractivity contribution in [2.45, 2.75) is 37.8 Å². The highest BCUT2D eigenvalue weighted by atomic mass is 19.1. The van der Waals surface area contributed by atoms with Gasteiger partial charge in [0.25, 0.3) is 5.91 Å². The summed E-state index contributed by atoms with van der Waals surface area (Å²) in [5, 5.41) is 6.11. The third kappa shape index (κ3) is 4.06. The van der Waals surface area contributed by atoms with E-state index in [4.69, 9.17) is 11.5 Å². The standard InChI is InChI=1S/C18H22FN5O/c19-13-10-12(16(21)25)17(22-11-6-2-1-3-7-11)24-18(13)23-15-9-5-4-8-14(15)20/h1-3,6-7,10,14-15H,4-5,8-9,20H2,(H2,21,25)(H2,22,23,24). The van der Waals surface area contributed by atoms with E-state index in [0.29, 0.717) is 0 Å². The van der Waals surface area contributed by atoms with Crippen molar-refractivity contribution < 1.29 is 9.18 Å². The number of pyridine rings is 1. The lowest BCUT2D eigenvalue weighted by molar-refractivity contribution is 0.100. The molecule has 2 atom stereocenters. The zero-order valence-electron chi connectivity index (χ0n) is 13.8. The second kappa shape index (κ2) is 7.48. The largest absolute Gasteiger partial charge is 0.365 e. The molecule has 2 aromatic rings. The molecule has 6 N–H and O–H groups in total. The topological polar surface area (TPSA) is 106 Å². The number of hydrogen-bond donors (Lipinski definition) is 4. The maximum absolute atomic E-state index is 14.4. The van der Waals surface area contributed by atoms with Crippen LogP contribution >= 0.6 is 0 Å². The Morgan fingerprint density at radius 1 is 1.16 bits per heavy atom. The molecule has 6 nitrogen and oxygen atoms in total. The molecule has 0 bridgehead atoms. The highest BCUT2D eigenvalue weighted by molar-refractivity contribution is 5.98. The molecule has 1 aliphatic carbocycles. The van der Waals surface area contributed by atoms with Crippen molar-refractivity contribution in [2.24, 2.45) is 11.5 Å². The van der Waals surface area contributed by atoms with Gasteiger partial charge in [-0.2, -0.15) is 0 Å². The first-order valence-electron chi connectivity index (χ1n) is 8.39. The van der Waals surface area contributed by atoms with Crippen LogP contribution in [0.15, 0.2) is 36.4 Å². The van der Waals surface area contributed by atoms with Gasteiger partial charge in [-0.05, 0) is 31.0 Å². The van der Waals surface area contributed by atoms with E-state index in [1.807, 2.05) is 30.3 Å². The Morgan fingerprint density at radius 3 is 2.56 bits per heavy atom. The Hall–Kier alpha value is -2.67. The Morgan fingerprint density at radius 2 is 1.88 bits per heavy atom. The van der Waals surface area contributed by atoms with Crippen LogP contribution in [0, 0.1) is 5.82 Å². The van der Waals surface area contributed by atoms with Gasteiger partial charge < -0.3 is 22.1 Å². The molecule has 1 heterocycles. The van der Waals surface area contributed by atoms with Crippen LogP contribution in [0.5, 0.6) is 0 Å². The highest BCUT2D eigenvalue weighted by Gasteiger charge is 2.24. The lowest BCUT2D eigenvalue weighted by Crippen LogP contribution is -2.43. The third-order valence-electron chi connectivity index (χ3n) is 4.42. The molecule has 1 amide bonds. The molecular weight excluding hydrogens is 321 g/mol. The van der Waals surface area contributed by atoms with Crippen molar-refractivity contribution >= 4 is 23.2 Å². The van der Waals surface area contributed by atoms with E-state index in [2.05, 4.69) is 15.6 Å². The van der Waals surface area contributed by atoms with Crippen LogP contribution in [0.3, 0.4) is 0 Å². The normalized spacial score (nSPS) is 20.1. The number of carbonyl (C=O) groups excluding carboxylic acids is 1. The van der Waals surface area contributed by atoms with Gasteiger partial charge in [0.15, 0.2) is 11.6 Å². The summed E-state index contributed by atoms with van der Waals surface area (Å²) < 4.78 is 14.4. The molecule has 1 aliphatic rings. The van der Waals surface area contributed by atoms with Gasteiger partial charge in [0.05, 0.1) is 5.56 Å². The number of rotatable bonds is 5. The van der Waals surface area contributed by atoms with Gasteiger partial charge in [-0.15, -0.1) is 0 Å². The number of aromatic nitrogens is 1. The average molecular weight is 343 g/mol. The first kappa shape index (κ1) is 17.2. The highest BCUT2D eigenvalue weighted by Crippen LogP contribution is 2.26. The Kier molecular flexibility index (Phi) is 5.14. The van der Waals surface area contributed by atoms with E-state index in [1.54, 1.807) is 0 Å². The Balaban J connectivity index is 1.91. The molecule has 1 saturated carbocycles. The van der Waals surface area contributed by atoms with E-state index in [0.717, 1.165) is 37.4 Å². The number of primary amides is 1. The summed E-state index contributed by atoms with van der Waals surface area (Å²) in [4.78, 5) is 15.9. The molecule has 0 spiro atoms. The van der Waals surface area contributed by atoms with Gasteiger partial charge in [0.1, 0.15) is 5.82 Å². The van der Waals surface area contributed by atoms with E-state index in [-0.39, 0.29) is 29.3 Å². The van der Waals surface area contributed by atoms with Crippen LogP contribution < -0.4 is 22.1 Å². The summed E-state index contributed by atoms with van der Waals surface area (Å²) in [7, 11) is 0. The van der Waals surface area contributed by atoms with Crippen LogP contribution in [0.1, 0.15) is 36.0 Å². The molecule has 1 aromatic heterocycles. The SMILES string of the molecule is NC(=O)c1cc(F)c(NC2CCCCC2N)nc1Nc1ccccc1. The molecule has 1 fully saturated rings. The predicted octanol–water partition coefficient (Wildman–Crippen LogP) is 2.75. The summed E-state index contributed by atoms with van der Waals surface area (Å²) in [6.45, 7) is 0. The minimum Gasteiger partial charge on any atom is -0.365 e. The zero-order valence-corrected chi connectivity index (χ0v) is 13.8. The molecule has 1 aromatic carbocycles. The lowest BCUT2D eigenvalue weighted by Gasteiger charge is -2.30. The minimum atomic E-state index is -0.745. The van der Waals surface area contributed by atoms with Crippen molar-refractivity contribution in [3.05, 3.63) is 47.8 Å². The van der Waals surface area contributed by atoms with Crippen LogP contribution in [0.4, 0.5) is 21.7 Å². The molecule has 0 aliphatic heterocycles. The second-order valence-corrected chi connectivity index (χ2v) is 6.27. The molecule has 3 rings (SSSR count). The summed E-state index contributed by atoms with van der Waals surface area (Å²) in [6, 6.07) is 10.2. The van der Waals surface area contributed by atoms with Gasteiger partial charge in [-0.3, -0.25) is 4.79 Å². The fourth-order valence-electron chi connectivity index (χ4n) is 3.05. The molecule has 132 valence electrons. The Bertz CT molecular complexity index is 753. The average Bonchev–Trinajstić information content (AvgIpc) is 2.60. The number of nitrogens with zero attached hydrogens (tertiary/aromatic N) is 1. The first-order chi connectivity index (χ1) is 12.0. The van der Waals surface area contributed by atoms with Crippen molar-refractivity contribution in [1.29, 1.82) is 0 Å². The number of amides is 1. The number of nitrogens with one attached hydrogen (secondary N) is 2. The van der Waals surface area contributed by atoms with E-state index >= 15 is 0 Å². The monoisotopic (exact) mass is 343 g/mol. The van der Waals surface area contributed by atoms with Crippen LogP contribution in [-0.4, -0.2) is 23.0 Å². The van der Waals surface area contributed by atoms with Gasteiger partial charge in [0, 0.05) is 17.8 Å². The number of halogens is 1. The molecular formula is C18H22FN5O. The Labute approximate surface area is 145 Å². The molecule has 2 unspecified atom stereocenters. The molecule has 7 heteroatoms. The van der Waals surface area contributed by atoms with Gasteiger partial charge in [-0.1, -0.05) is 31.0 Å². The minimum absolute atomic E-state index is 0.000143. The zero-order chi connectivity index (χ0) is 17.8. The van der Waals surface area contributed by atoms with Gasteiger partial charge in [-0.25, -0.2) is 9.37 Å². The first-order valence-corrected chi connectivity index (χ1v) is 8.39. The smallest absolute Gasteiger partial charge is 0.252 e.